The number of ether oxygens (including phenoxy) is 1. The van der Waals surface area contributed by atoms with Crippen LogP contribution in [-0.4, -0.2) is 38.0 Å². The van der Waals surface area contributed by atoms with Crippen LogP contribution in [0.1, 0.15) is 27.6 Å². The minimum absolute atomic E-state index is 0.117. The third-order valence-electron chi connectivity index (χ3n) is 4.84. The Balaban J connectivity index is 1.73. The van der Waals surface area contributed by atoms with Gasteiger partial charge in [-0.05, 0) is 43.3 Å². The standard InChI is InChI=1S/C25H24N2O4/c1-3-27(20-14-8-5-9-15-20)23(28)18-31-25(30)22-17-11-10-16-21(22)24(29)26(2)19-12-6-4-7-13-19/h4-17H,3,18H2,1-2H3. The van der Waals surface area contributed by atoms with E-state index in [1.807, 2.05) is 55.5 Å². The maximum Gasteiger partial charge on any atom is 0.339 e. The summed E-state index contributed by atoms with van der Waals surface area (Å²) in [6.45, 7) is 1.87. The molecular formula is C25H24N2O4. The molecule has 0 saturated heterocycles. The van der Waals surface area contributed by atoms with Gasteiger partial charge in [-0.25, -0.2) is 4.79 Å². The van der Waals surface area contributed by atoms with Crippen LogP contribution < -0.4 is 9.80 Å². The smallest absolute Gasteiger partial charge is 0.339 e. The van der Waals surface area contributed by atoms with Crippen molar-refractivity contribution >= 4 is 29.2 Å². The summed E-state index contributed by atoms with van der Waals surface area (Å²) in [5.41, 5.74) is 1.76. The molecule has 0 unspecified atom stereocenters. The Morgan fingerprint density at radius 2 is 1.26 bits per heavy atom. The van der Waals surface area contributed by atoms with Crippen LogP contribution in [0.25, 0.3) is 0 Å². The summed E-state index contributed by atoms with van der Waals surface area (Å²) in [7, 11) is 1.64. The molecule has 0 heterocycles. The zero-order valence-electron chi connectivity index (χ0n) is 17.5. The highest BCUT2D eigenvalue weighted by molar-refractivity contribution is 6.12. The Labute approximate surface area is 181 Å². The maximum absolute atomic E-state index is 13.0. The van der Waals surface area contributed by atoms with Crippen LogP contribution in [0.15, 0.2) is 84.9 Å². The van der Waals surface area contributed by atoms with Crippen molar-refractivity contribution in [2.75, 3.05) is 30.0 Å². The van der Waals surface area contributed by atoms with Crippen molar-refractivity contribution in [1.82, 2.24) is 0 Å². The molecule has 0 aliphatic rings. The average molecular weight is 416 g/mol. The van der Waals surface area contributed by atoms with E-state index in [2.05, 4.69) is 0 Å². The highest BCUT2D eigenvalue weighted by Gasteiger charge is 2.23. The van der Waals surface area contributed by atoms with E-state index < -0.39 is 12.6 Å². The van der Waals surface area contributed by atoms with Crippen LogP contribution in [0.2, 0.25) is 0 Å². The molecule has 0 aromatic heterocycles. The molecule has 0 fully saturated rings. The lowest BCUT2D eigenvalue weighted by atomic mass is 10.1. The molecule has 0 radical (unpaired) electrons. The summed E-state index contributed by atoms with van der Waals surface area (Å²) in [6, 6.07) is 24.7. The zero-order valence-corrected chi connectivity index (χ0v) is 17.5. The second kappa shape index (κ2) is 10.2. The van der Waals surface area contributed by atoms with Gasteiger partial charge in [0.25, 0.3) is 11.8 Å². The third kappa shape index (κ3) is 5.17. The lowest BCUT2D eigenvalue weighted by Gasteiger charge is -2.21. The van der Waals surface area contributed by atoms with E-state index in [0.29, 0.717) is 12.2 Å². The predicted octanol–water partition coefficient (Wildman–Crippen LogP) is 4.17. The van der Waals surface area contributed by atoms with Crippen molar-refractivity contribution in [3.63, 3.8) is 0 Å². The predicted molar refractivity (Wildman–Crippen MR) is 120 cm³/mol. The summed E-state index contributed by atoms with van der Waals surface area (Å²) in [6.07, 6.45) is 0. The average Bonchev–Trinajstić information content (AvgIpc) is 2.83. The lowest BCUT2D eigenvalue weighted by molar-refractivity contribution is -0.121. The summed E-state index contributed by atoms with van der Waals surface area (Å²) in [4.78, 5) is 41.3. The Hall–Kier alpha value is -3.93. The first-order valence-corrected chi connectivity index (χ1v) is 9.97. The van der Waals surface area contributed by atoms with E-state index in [-0.39, 0.29) is 22.9 Å². The number of carbonyl (C=O) groups excluding carboxylic acids is 3. The largest absolute Gasteiger partial charge is 0.452 e. The summed E-state index contributed by atoms with van der Waals surface area (Å²) >= 11 is 0. The van der Waals surface area contributed by atoms with Crippen LogP contribution in [0.4, 0.5) is 11.4 Å². The Morgan fingerprint density at radius 3 is 1.84 bits per heavy atom. The van der Waals surface area contributed by atoms with Crippen molar-refractivity contribution in [2.45, 2.75) is 6.92 Å². The quantitative estimate of drug-likeness (QED) is 0.542. The number of hydrogen-bond acceptors (Lipinski definition) is 4. The molecule has 3 aromatic carbocycles. The molecule has 31 heavy (non-hydrogen) atoms. The van der Waals surface area contributed by atoms with Gasteiger partial charge in [-0.15, -0.1) is 0 Å². The van der Waals surface area contributed by atoms with Crippen molar-refractivity contribution in [1.29, 1.82) is 0 Å². The van der Waals surface area contributed by atoms with Gasteiger partial charge >= 0.3 is 5.97 Å². The lowest BCUT2D eigenvalue weighted by Crippen LogP contribution is -2.35. The molecule has 0 aliphatic heterocycles. The van der Waals surface area contributed by atoms with Gasteiger partial charge in [0.2, 0.25) is 0 Å². The van der Waals surface area contributed by atoms with Crippen molar-refractivity contribution in [3.8, 4) is 0 Å². The van der Waals surface area contributed by atoms with Crippen LogP contribution in [0.5, 0.6) is 0 Å². The van der Waals surface area contributed by atoms with Crippen LogP contribution in [0.3, 0.4) is 0 Å². The number of benzene rings is 3. The molecule has 0 N–H and O–H groups in total. The van der Waals surface area contributed by atoms with Gasteiger partial charge in [0.05, 0.1) is 11.1 Å². The SMILES string of the molecule is CCN(C(=O)COC(=O)c1ccccc1C(=O)N(C)c1ccccc1)c1ccccc1. The Kier molecular flexibility index (Phi) is 7.17. The first-order chi connectivity index (χ1) is 15.0. The number of esters is 1. The fourth-order valence-corrected chi connectivity index (χ4v) is 3.19. The molecule has 2 amide bonds. The number of likely N-dealkylation sites (N-methyl/N-ethyl adjacent to an activating group) is 1. The molecule has 0 atom stereocenters. The molecule has 0 spiro atoms. The molecule has 3 rings (SSSR count). The summed E-state index contributed by atoms with van der Waals surface area (Å²) in [5.74, 6) is -1.40. The number of para-hydroxylation sites is 2. The third-order valence-corrected chi connectivity index (χ3v) is 4.84. The first kappa shape index (κ1) is 21.8. The minimum atomic E-state index is -0.720. The number of rotatable bonds is 7. The normalized spacial score (nSPS) is 10.3. The van der Waals surface area contributed by atoms with Crippen molar-refractivity contribution < 1.29 is 19.1 Å². The van der Waals surface area contributed by atoms with E-state index in [1.54, 1.807) is 37.4 Å². The van der Waals surface area contributed by atoms with Gasteiger partial charge in [0, 0.05) is 25.0 Å². The van der Waals surface area contributed by atoms with E-state index >= 15 is 0 Å². The Morgan fingerprint density at radius 1 is 0.742 bits per heavy atom. The first-order valence-electron chi connectivity index (χ1n) is 9.97. The summed E-state index contributed by atoms with van der Waals surface area (Å²) < 4.78 is 5.27. The molecule has 158 valence electrons. The summed E-state index contributed by atoms with van der Waals surface area (Å²) in [5, 5.41) is 0. The number of carbonyl (C=O) groups is 3. The zero-order chi connectivity index (χ0) is 22.2. The Bertz CT molecular complexity index is 1050. The molecule has 3 aromatic rings. The van der Waals surface area contributed by atoms with Gasteiger partial charge < -0.3 is 14.5 Å². The maximum atomic E-state index is 13.0. The molecule has 6 nitrogen and oxygen atoms in total. The number of hydrogen-bond donors (Lipinski definition) is 0. The molecule has 0 saturated carbocycles. The second-order valence-corrected chi connectivity index (χ2v) is 6.79. The molecule has 0 aliphatic carbocycles. The van der Waals surface area contributed by atoms with E-state index in [0.717, 1.165) is 5.69 Å². The highest BCUT2D eigenvalue weighted by Crippen LogP contribution is 2.19. The van der Waals surface area contributed by atoms with Gasteiger partial charge in [0.1, 0.15) is 0 Å². The molecular weight excluding hydrogens is 392 g/mol. The minimum Gasteiger partial charge on any atom is -0.452 e. The molecule has 0 bridgehead atoms. The van der Waals surface area contributed by atoms with Gasteiger partial charge in [-0.2, -0.15) is 0 Å². The number of anilines is 2. The van der Waals surface area contributed by atoms with Gasteiger partial charge in [-0.1, -0.05) is 48.5 Å². The number of nitrogens with zero attached hydrogens (tertiary/aromatic N) is 2. The fourth-order valence-electron chi connectivity index (χ4n) is 3.19. The van der Waals surface area contributed by atoms with Crippen molar-refractivity contribution in [3.05, 3.63) is 96.1 Å². The van der Waals surface area contributed by atoms with Crippen LogP contribution in [0, 0.1) is 0 Å². The van der Waals surface area contributed by atoms with Gasteiger partial charge in [-0.3, -0.25) is 9.59 Å². The van der Waals surface area contributed by atoms with E-state index in [4.69, 9.17) is 4.74 Å². The van der Waals surface area contributed by atoms with Crippen LogP contribution >= 0.6 is 0 Å². The molecule has 6 heteroatoms. The topological polar surface area (TPSA) is 66.9 Å². The van der Waals surface area contributed by atoms with Crippen molar-refractivity contribution in [2.24, 2.45) is 0 Å². The number of amides is 2. The second-order valence-electron chi connectivity index (χ2n) is 6.79. The van der Waals surface area contributed by atoms with E-state index in [1.165, 1.54) is 15.9 Å². The van der Waals surface area contributed by atoms with E-state index in [9.17, 15) is 14.4 Å². The highest BCUT2D eigenvalue weighted by atomic mass is 16.5. The van der Waals surface area contributed by atoms with Gasteiger partial charge in [0.15, 0.2) is 6.61 Å². The monoisotopic (exact) mass is 416 g/mol. The fraction of sp³-hybridized carbons (Fsp3) is 0.160. The van der Waals surface area contributed by atoms with Crippen LogP contribution in [-0.2, 0) is 9.53 Å².